The number of aromatic nitrogens is 2. The van der Waals surface area contributed by atoms with Crippen LogP contribution in [0, 0.1) is 6.92 Å². The van der Waals surface area contributed by atoms with Crippen LogP contribution in [0.5, 0.6) is 5.88 Å². The van der Waals surface area contributed by atoms with Gasteiger partial charge in [0.1, 0.15) is 0 Å². The van der Waals surface area contributed by atoms with Crippen molar-refractivity contribution < 1.29 is 4.74 Å². The highest BCUT2D eigenvalue weighted by Gasteiger charge is 2.18. The molecule has 0 radical (unpaired) electrons. The van der Waals surface area contributed by atoms with Crippen molar-refractivity contribution in [2.75, 3.05) is 7.11 Å². The number of aryl methyl sites for hydroxylation is 2. The summed E-state index contributed by atoms with van der Waals surface area (Å²) in [7, 11) is 3.59. The number of methoxy groups -OCH3 is 1. The summed E-state index contributed by atoms with van der Waals surface area (Å²) < 4.78 is 7.28. The predicted octanol–water partition coefficient (Wildman–Crippen LogP) is 3.68. The zero-order valence-corrected chi connectivity index (χ0v) is 14.4. The number of rotatable bonds is 6. The van der Waals surface area contributed by atoms with Gasteiger partial charge in [-0.25, -0.2) is 4.68 Å². The molecule has 1 N–H and O–H groups in total. The highest BCUT2D eigenvalue weighted by molar-refractivity contribution is 7.10. The summed E-state index contributed by atoms with van der Waals surface area (Å²) in [6, 6.07) is 14.9. The molecule has 0 saturated carbocycles. The van der Waals surface area contributed by atoms with Crippen LogP contribution < -0.4 is 10.1 Å². The summed E-state index contributed by atoms with van der Waals surface area (Å²) in [6.45, 7) is 2.72. The Bertz CT molecular complexity index is 750. The number of nitrogens with one attached hydrogen (secondary N) is 1. The fourth-order valence-corrected chi connectivity index (χ4v) is 3.65. The molecule has 0 aliphatic rings. The number of benzene rings is 1. The molecule has 0 unspecified atom stereocenters. The number of thiophene rings is 1. The molecule has 2 aromatic heterocycles. The van der Waals surface area contributed by atoms with Gasteiger partial charge >= 0.3 is 0 Å². The molecule has 0 saturated heterocycles. The lowest BCUT2D eigenvalue weighted by Crippen LogP contribution is -2.21. The Morgan fingerprint density at radius 1 is 1.22 bits per heavy atom. The first-order valence-corrected chi connectivity index (χ1v) is 8.47. The van der Waals surface area contributed by atoms with Crippen LogP contribution in [0.4, 0.5) is 0 Å². The molecule has 0 aliphatic carbocycles. The zero-order valence-electron chi connectivity index (χ0n) is 13.6. The summed E-state index contributed by atoms with van der Waals surface area (Å²) in [5.41, 5.74) is 3.36. The molecule has 120 valence electrons. The largest absolute Gasteiger partial charge is 0.481 e. The van der Waals surface area contributed by atoms with Crippen LogP contribution in [0.3, 0.4) is 0 Å². The Hall–Kier alpha value is -2.11. The lowest BCUT2D eigenvalue weighted by atomic mass is 10.0. The average molecular weight is 327 g/mol. The fourth-order valence-electron chi connectivity index (χ4n) is 2.83. The van der Waals surface area contributed by atoms with E-state index in [0.717, 1.165) is 17.1 Å². The number of hydrogen-bond donors (Lipinski definition) is 1. The second kappa shape index (κ2) is 6.98. The maximum absolute atomic E-state index is 5.49. The van der Waals surface area contributed by atoms with Gasteiger partial charge in [0.15, 0.2) is 0 Å². The van der Waals surface area contributed by atoms with Crippen molar-refractivity contribution in [3.63, 3.8) is 0 Å². The van der Waals surface area contributed by atoms with Crippen LogP contribution >= 0.6 is 11.3 Å². The van der Waals surface area contributed by atoms with Crippen LogP contribution in [0.2, 0.25) is 0 Å². The van der Waals surface area contributed by atoms with Crippen LogP contribution in [0.15, 0.2) is 47.8 Å². The smallest absolute Gasteiger partial charge is 0.216 e. The van der Waals surface area contributed by atoms with E-state index in [0.29, 0.717) is 6.54 Å². The van der Waals surface area contributed by atoms with E-state index in [4.69, 9.17) is 4.74 Å². The zero-order chi connectivity index (χ0) is 16.2. The van der Waals surface area contributed by atoms with Crippen molar-refractivity contribution in [3.05, 3.63) is 69.5 Å². The first-order valence-electron chi connectivity index (χ1n) is 7.59. The number of ether oxygens (including phenoxy) is 1. The van der Waals surface area contributed by atoms with E-state index in [-0.39, 0.29) is 6.04 Å². The van der Waals surface area contributed by atoms with E-state index in [1.807, 2.05) is 20.0 Å². The van der Waals surface area contributed by atoms with Gasteiger partial charge in [0.2, 0.25) is 5.88 Å². The summed E-state index contributed by atoms with van der Waals surface area (Å²) in [5, 5.41) is 10.2. The molecule has 2 heterocycles. The molecule has 5 heteroatoms. The van der Waals surface area contributed by atoms with Crippen LogP contribution in [-0.4, -0.2) is 16.9 Å². The van der Waals surface area contributed by atoms with E-state index < -0.39 is 0 Å². The Kier molecular flexibility index (Phi) is 4.79. The van der Waals surface area contributed by atoms with Crippen molar-refractivity contribution in [1.29, 1.82) is 0 Å². The lowest BCUT2D eigenvalue weighted by Gasteiger charge is -2.18. The summed E-state index contributed by atoms with van der Waals surface area (Å²) in [5.74, 6) is 0.813. The summed E-state index contributed by atoms with van der Waals surface area (Å²) in [4.78, 5) is 1.30. The molecule has 3 rings (SSSR count). The highest BCUT2D eigenvalue weighted by atomic mass is 32.1. The van der Waals surface area contributed by atoms with E-state index in [2.05, 4.69) is 52.2 Å². The third-order valence-electron chi connectivity index (χ3n) is 3.93. The van der Waals surface area contributed by atoms with Crippen LogP contribution in [-0.2, 0) is 13.6 Å². The quantitative estimate of drug-likeness (QED) is 0.751. The van der Waals surface area contributed by atoms with Crippen molar-refractivity contribution >= 4 is 11.3 Å². The molecule has 1 aromatic carbocycles. The topological polar surface area (TPSA) is 39.1 Å². The molecule has 0 aliphatic heterocycles. The van der Waals surface area contributed by atoms with Gasteiger partial charge in [-0.3, -0.25) is 0 Å². The van der Waals surface area contributed by atoms with Crippen molar-refractivity contribution in [2.45, 2.75) is 19.5 Å². The molecular formula is C18H21N3OS. The second-order valence-corrected chi connectivity index (χ2v) is 6.42. The van der Waals surface area contributed by atoms with E-state index in [9.17, 15) is 0 Å². The molecule has 1 atom stereocenters. The molecule has 0 amide bonds. The first kappa shape index (κ1) is 15.8. The minimum Gasteiger partial charge on any atom is -0.481 e. The summed E-state index contributed by atoms with van der Waals surface area (Å²) >= 11 is 1.77. The van der Waals surface area contributed by atoms with E-state index in [1.54, 1.807) is 23.1 Å². The molecule has 0 spiro atoms. The molecule has 0 fully saturated rings. The molecule has 4 nitrogen and oxygen atoms in total. The minimum atomic E-state index is 0.167. The van der Waals surface area contributed by atoms with Crippen LogP contribution in [0.25, 0.3) is 0 Å². The van der Waals surface area contributed by atoms with Gasteiger partial charge in [0.25, 0.3) is 0 Å². The first-order chi connectivity index (χ1) is 11.2. The third kappa shape index (κ3) is 3.30. The standard InChI is InChI=1S/C18H21N3OS/c1-13-15(18(22-3)21(2)20-13)12-19-17(16-10-7-11-23-16)14-8-5-4-6-9-14/h4-11,17,19H,12H2,1-3H3/t17-/m1/s1. The maximum Gasteiger partial charge on any atom is 0.216 e. The van der Waals surface area contributed by atoms with Gasteiger partial charge in [0, 0.05) is 18.5 Å². The SMILES string of the molecule is COc1c(CN[C@H](c2ccccc2)c2cccs2)c(C)nn1C. The minimum absolute atomic E-state index is 0.167. The Morgan fingerprint density at radius 3 is 2.65 bits per heavy atom. The van der Waals surface area contributed by atoms with Gasteiger partial charge in [-0.1, -0.05) is 36.4 Å². The van der Waals surface area contributed by atoms with Gasteiger partial charge in [0.05, 0.1) is 24.4 Å². The predicted molar refractivity (Wildman–Crippen MR) is 93.9 cm³/mol. The van der Waals surface area contributed by atoms with Crippen molar-refractivity contribution in [1.82, 2.24) is 15.1 Å². The lowest BCUT2D eigenvalue weighted by molar-refractivity contribution is 0.367. The fraction of sp³-hybridized carbons (Fsp3) is 0.278. The van der Waals surface area contributed by atoms with Gasteiger partial charge < -0.3 is 10.1 Å². The Balaban J connectivity index is 1.86. The third-order valence-corrected chi connectivity index (χ3v) is 4.86. The molecule has 0 bridgehead atoms. The monoisotopic (exact) mass is 327 g/mol. The Morgan fingerprint density at radius 2 is 2.00 bits per heavy atom. The second-order valence-electron chi connectivity index (χ2n) is 5.44. The normalized spacial score (nSPS) is 12.3. The molecular weight excluding hydrogens is 306 g/mol. The summed E-state index contributed by atoms with van der Waals surface area (Å²) in [6.07, 6.45) is 0. The van der Waals surface area contributed by atoms with Crippen molar-refractivity contribution in [2.24, 2.45) is 7.05 Å². The van der Waals surface area contributed by atoms with Gasteiger partial charge in [-0.15, -0.1) is 11.3 Å². The maximum atomic E-state index is 5.49. The van der Waals surface area contributed by atoms with Gasteiger partial charge in [-0.05, 0) is 23.9 Å². The highest BCUT2D eigenvalue weighted by Crippen LogP contribution is 2.28. The van der Waals surface area contributed by atoms with Crippen LogP contribution in [0.1, 0.15) is 27.7 Å². The number of nitrogens with zero attached hydrogens (tertiary/aromatic N) is 2. The van der Waals surface area contributed by atoms with Gasteiger partial charge in [-0.2, -0.15) is 5.10 Å². The van der Waals surface area contributed by atoms with E-state index in [1.165, 1.54) is 10.4 Å². The molecule has 3 aromatic rings. The average Bonchev–Trinajstić information content (AvgIpc) is 3.17. The molecule has 23 heavy (non-hydrogen) atoms. The van der Waals surface area contributed by atoms with Crippen molar-refractivity contribution in [3.8, 4) is 5.88 Å². The Labute approximate surface area is 140 Å². The van der Waals surface area contributed by atoms with E-state index >= 15 is 0 Å². The number of hydrogen-bond acceptors (Lipinski definition) is 4.